The molecule has 0 bridgehead atoms. The Balaban J connectivity index is 0. The topological polar surface area (TPSA) is 108 Å². The number of carbonyl (C=O) groups excluding carboxylic acids is 2. The van der Waals surface area contributed by atoms with Crippen LogP contribution in [0.15, 0.2) is 36.1 Å². The van der Waals surface area contributed by atoms with E-state index in [2.05, 4.69) is 51.0 Å². The van der Waals surface area contributed by atoms with Gasteiger partial charge in [0, 0.05) is 49.8 Å². The van der Waals surface area contributed by atoms with Gasteiger partial charge in [0.05, 0.1) is 5.56 Å². The quantitative estimate of drug-likeness (QED) is 0.145. The Morgan fingerprint density at radius 1 is 1.03 bits per heavy atom. The smallest absolute Gasteiger partial charge is 0.252 e. The molecule has 0 saturated carbocycles. The molecule has 0 aliphatic heterocycles. The van der Waals surface area contributed by atoms with E-state index in [9.17, 15) is 9.59 Å². The summed E-state index contributed by atoms with van der Waals surface area (Å²) in [5.41, 5.74) is 3.13. The molecule has 0 saturated heterocycles. The first-order valence-corrected chi connectivity index (χ1v) is 13.7. The molecule has 8 nitrogen and oxygen atoms in total. The van der Waals surface area contributed by atoms with Gasteiger partial charge in [-0.2, -0.15) is 40.4 Å². The van der Waals surface area contributed by atoms with Gasteiger partial charge in [-0.15, -0.1) is 0 Å². The van der Waals surface area contributed by atoms with Gasteiger partial charge in [0.2, 0.25) is 5.91 Å². The molecule has 2 amide bonds. The van der Waals surface area contributed by atoms with E-state index in [0.29, 0.717) is 17.9 Å². The molecular formula is C20H36N6O2S3. The third-order valence-corrected chi connectivity index (χ3v) is 5.00. The maximum Gasteiger partial charge on any atom is 0.252 e. The van der Waals surface area contributed by atoms with E-state index in [1.54, 1.807) is 35.7 Å². The molecule has 1 rings (SSSR count). The minimum atomic E-state index is -0.111. The van der Waals surface area contributed by atoms with E-state index in [0.717, 1.165) is 24.6 Å². The number of rotatable bonds is 13. The summed E-state index contributed by atoms with van der Waals surface area (Å²) < 4.78 is 0. The molecule has 1 heterocycles. The van der Waals surface area contributed by atoms with Crippen LogP contribution in [0.1, 0.15) is 10.4 Å². The van der Waals surface area contributed by atoms with Crippen molar-refractivity contribution < 1.29 is 9.59 Å². The zero-order valence-corrected chi connectivity index (χ0v) is 21.4. The summed E-state index contributed by atoms with van der Waals surface area (Å²) in [5, 5.41) is 12.0. The van der Waals surface area contributed by atoms with Crippen LogP contribution in [0.4, 0.5) is 5.82 Å². The Hall–Kier alpha value is -1.69. The van der Waals surface area contributed by atoms with Crippen molar-refractivity contribution in [1.29, 1.82) is 0 Å². The zero-order valence-electron chi connectivity index (χ0n) is 18.9. The van der Waals surface area contributed by atoms with Crippen LogP contribution in [0.25, 0.3) is 0 Å². The Labute approximate surface area is 199 Å². The number of amides is 2. The first kappa shape index (κ1) is 31.5. The van der Waals surface area contributed by atoms with Gasteiger partial charge >= 0.3 is 0 Å². The number of hydrogen-bond acceptors (Lipinski definition) is 9. The highest BCUT2D eigenvalue weighted by Gasteiger charge is 2.04. The van der Waals surface area contributed by atoms with Gasteiger partial charge in [-0.25, -0.2) is 4.98 Å². The maximum absolute atomic E-state index is 11.6. The van der Waals surface area contributed by atoms with Crippen LogP contribution >= 0.6 is 35.3 Å². The molecule has 0 unspecified atom stereocenters. The lowest BCUT2D eigenvalue weighted by molar-refractivity contribution is -0.116. The standard InChI is InChI=1S/C10H14N4OS.C6H11NOS.C4H11NS/c1-11-14-9-4-3-8(7-13-9)10(15)12-5-6-16-2;1-3-6(8)7-4-5-9-2;1-5-3-4-6-2/h3-4,7H,1,5-6H2,2H3,(H,12,15)(H,13,14);3H,1,4-5H2,2H3,(H,7,8);5H,3-4H2,1-2H3. The fourth-order valence-electron chi connectivity index (χ4n) is 1.60. The van der Waals surface area contributed by atoms with E-state index in [4.69, 9.17) is 0 Å². The number of aromatic nitrogens is 1. The minimum Gasteiger partial charge on any atom is -0.352 e. The molecule has 0 atom stereocenters. The molecule has 11 heteroatoms. The number of nitrogens with one attached hydrogen (secondary N) is 4. The molecule has 0 aliphatic carbocycles. The molecule has 0 radical (unpaired) electrons. The van der Waals surface area contributed by atoms with E-state index >= 15 is 0 Å². The van der Waals surface area contributed by atoms with Crippen LogP contribution in [0.5, 0.6) is 0 Å². The van der Waals surface area contributed by atoms with Crippen molar-refractivity contribution in [1.82, 2.24) is 20.9 Å². The van der Waals surface area contributed by atoms with Crippen LogP contribution in [-0.2, 0) is 4.79 Å². The lowest BCUT2D eigenvalue weighted by Gasteiger charge is -2.04. The van der Waals surface area contributed by atoms with Gasteiger partial charge in [0.15, 0.2) is 0 Å². The van der Waals surface area contributed by atoms with Crippen LogP contribution in [0, 0.1) is 0 Å². The second kappa shape index (κ2) is 24.6. The average Bonchev–Trinajstić information content (AvgIpc) is 2.79. The lowest BCUT2D eigenvalue weighted by Crippen LogP contribution is -2.25. The molecule has 176 valence electrons. The molecule has 31 heavy (non-hydrogen) atoms. The number of carbonyl (C=O) groups is 2. The van der Waals surface area contributed by atoms with Crippen molar-refractivity contribution in [3.05, 3.63) is 36.5 Å². The normalized spacial score (nSPS) is 9.16. The number of pyridine rings is 1. The van der Waals surface area contributed by atoms with E-state index in [1.165, 1.54) is 18.0 Å². The van der Waals surface area contributed by atoms with Crippen LogP contribution < -0.4 is 21.4 Å². The minimum absolute atomic E-state index is 0.0935. The molecular weight excluding hydrogens is 452 g/mol. The molecule has 4 N–H and O–H groups in total. The van der Waals surface area contributed by atoms with E-state index < -0.39 is 0 Å². The van der Waals surface area contributed by atoms with Crippen LogP contribution in [0.2, 0.25) is 0 Å². The summed E-state index contributed by atoms with van der Waals surface area (Å²) >= 11 is 5.26. The number of hydrogen-bond donors (Lipinski definition) is 4. The highest BCUT2D eigenvalue weighted by molar-refractivity contribution is 7.99. The molecule has 1 aromatic heterocycles. The van der Waals surface area contributed by atoms with Crippen molar-refractivity contribution in [2.75, 3.05) is 68.1 Å². The molecule has 0 spiro atoms. The molecule has 1 aromatic rings. The predicted molar refractivity (Wildman–Crippen MR) is 142 cm³/mol. The van der Waals surface area contributed by atoms with Crippen LogP contribution in [0.3, 0.4) is 0 Å². The monoisotopic (exact) mass is 488 g/mol. The zero-order chi connectivity index (χ0) is 23.7. The SMILES string of the molecule is C=CC(=O)NCCSC.C=NNc1ccc(C(=O)NCCSC)cn1.CNCCSC. The van der Waals surface area contributed by atoms with Gasteiger partial charge in [0.25, 0.3) is 5.91 Å². The van der Waals surface area contributed by atoms with Crippen LogP contribution in [-0.4, -0.2) is 86.2 Å². The van der Waals surface area contributed by atoms with Gasteiger partial charge in [-0.3, -0.25) is 15.0 Å². The number of thioether (sulfide) groups is 3. The summed E-state index contributed by atoms with van der Waals surface area (Å²) in [6.07, 6.45) is 8.89. The molecule has 0 fully saturated rings. The first-order valence-electron chi connectivity index (χ1n) is 9.48. The van der Waals surface area contributed by atoms with Gasteiger partial charge < -0.3 is 16.0 Å². The van der Waals surface area contributed by atoms with Crippen molar-refractivity contribution in [3.8, 4) is 0 Å². The third kappa shape index (κ3) is 21.3. The molecule has 0 aliphatic rings. The van der Waals surface area contributed by atoms with Crippen molar-refractivity contribution in [2.45, 2.75) is 0 Å². The van der Waals surface area contributed by atoms with Gasteiger partial charge in [-0.1, -0.05) is 6.58 Å². The van der Waals surface area contributed by atoms with Gasteiger partial charge in [0.1, 0.15) is 5.82 Å². The van der Waals surface area contributed by atoms with E-state index in [-0.39, 0.29) is 11.8 Å². The fourth-order valence-corrected chi connectivity index (χ4v) is 2.62. The largest absolute Gasteiger partial charge is 0.352 e. The lowest BCUT2D eigenvalue weighted by atomic mass is 10.2. The maximum atomic E-state index is 11.6. The van der Waals surface area contributed by atoms with Crippen molar-refractivity contribution >= 4 is 59.6 Å². The number of nitrogens with zero attached hydrogens (tertiary/aromatic N) is 2. The summed E-state index contributed by atoms with van der Waals surface area (Å²) in [5.74, 6) is 3.44. The number of hydrazone groups is 1. The Kier molecular flexibility index (Phi) is 25.0. The summed E-state index contributed by atoms with van der Waals surface area (Å²) in [6.45, 7) is 9.12. The Morgan fingerprint density at radius 2 is 1.61 bits per heavy atom. The van der Waals surface area contributed by atoms with Gasteiger partial charge in [-0.05, 0) is 44.0 Å². The van der Waals surface area contributed by atoms with Crippen molar-refractivity contribution in [2.24, 2.45) is 5.10 Å². The highest BCUT2D eigenvalue weighted by atomic mass is 32.2. The Bertz CT molecular complexity index is 599. The summed E-state index contributed by atoms with van der Waals surface area (Å²) in [4.78, 5) is 26.0. The van der Waals surface area contributed by atoms with Crippen molar-refractivity contribution in [3.63, 3.8) is 0 Å². The van der Waals surface area contributed by atoms with E-state index in [1.807, 2.05) is 31.3 Å². The second-order valence-electron chi connectivity index (χ2n) is 5.54. The molecule has 0 aromatic carbocycles. The summed E-state index contributed by atoms with van der Waals surface area (Å²) in [7, 11) is 1.97. The average molecular weight is 489 g/mol. The fraction of sp³-hybridized carbons (Fsp3) is 0.500. The Morgan fingerprint density at radius 3 is 2.03 bits per heavy atom. The summed E-state index contributed by atoms with van der Waals surface area (Å²) in [6, 6.07) is 3.37. The number of anilines is 1. The first-order chi connectivity index (χ1) is 15.0. The highest BCUT2D eigenvalue weighted by Crippen LogP contribution is 2.04. The second-order valence-corrected chi connectivity index (χ2v) is 8.49. The predicted octanol–water partition coefficient (Wildman–Crippen LogP) is 2.42. The third-order valence-electron chi connectivity index (χ3n) is 3.16.